The first-order valence-corrected chi connectivity index (χ1v) is 6.24. The fourth-order valence-corrected chi connectivity index (χ4v) is 2.84. The van der Waals surface area contributed by atoms with Gasteiger partial charge in [-0.15, -0.1) is 0 Å². The zero-order chi connectivity index (χ0) is 10.7. The maximum Gasteiger partial charge on any atom is 0.0569 e. The molecule has 88 valence electrons. The Bertz CT molecular complexity index is 192. The molecule has 1 saturated heterocycles. The predicted octanol–water partition coefficient (Wildman–Crippen LogP) is 1.23. The van der Waals surface area contributed by atoms with Crippen molar-refractivity contribution < 1.29 is 4.74 Å². The molecule has 0 unspecified atom stereocenters. The molecule has 2 N–H and O–H groups in total. The molecule has 0 aromatic heterocycles. The van der Waals surface area contributed by atoms with E-state index >= 15 is 0 Å². The third kappa shape index (κ3) is 2.52. The Kier molecular flexibility index (Phi) is 3.65. The number of hydrogen-bond donors (Lipinski definition) is 1. The Balaban J connectivity index is 1.82. The largest absolute Gasteiger partial charge is 0.380 e. The van der Waals surface area contributed by atoms with Crippen molar-refractivity contribution in [2.24, 2.45) is 11.1 Å². The molecule has 3 heteroatoms. The fraction of sp³-hybridized carbons (Fsp3) is 1.00. The van der Waals surface area contributed by atoms with Crippen LogP contribution in [0.25, 0.3) is 0 Å². The lowest BCUT2D eigenvalue weighted by Gasteiger charge is -2.45. The normalized spacial score (nSPS) is 26.6. The van der Waals surface area contributed by atoms with E-state index in [-0.39, 0.29) is 5.41 Å². The number of ether oxygens (including phenoxy) is 1. The van der Waals surface area contributed by atoms with Crippen LogP contribution in [0.1, 0.15) is 32.1 Å². The van der Waals surface area contributed by atoms with E-state index in [0.29, 0.717) is 0 Å². The fourth-order valence-electron chi connectivity index (χ4n) is 2.84. The van der Waals surface area contributed by atoms with Gasteiger partial charge in [0, 0.05) is 24.5 Å². The molecule has 0 spiro atoms. The van der Waals surface area contributed by atoms with Crippen molar-refractivity contribution in [3.8, 4) is 0 Å². The van der Waals surface area contributed by atoms with Crippen LogP contribution in [-0.4, -0.2) is 44.3 Å². The molecule has 1 aliphatic heterocycles. The van der Waals surface area contributed by atoms with Crippen molar-refractivity contribution in [3.05, 3.63) is 0 Å². The Labute approximate surface area is 93.0 Å². The van der Waals surface area contributed by atoms with Crippen LogP contribution in [0.3, 0.4) is 0 Å². The van der Waals surface area contributed by atoms with Crippen molar-refractivity contribution in [3.63, 3.8) is 0 Å². The number of hydrogen-bond acceptors (Lipinski definition) is 3. The summed E-state index contributed by atoms with van der Waals surface area (Å²) in [7, 11) is 2.26. The first-order valence-electron chi connectivity index (χ1n) is 6.24. The van der Waals surface area contributed by atoms with Crippen molar-refractivity contribution in [2.75, 3.05) is 33.4 Å². The molecule has 2 fully saturated rings. The highest BCUT2D eigenvalue weighted by Crippen LogP contribution is 2.30. The molecular formula is C12H24N2O. The van der Waals surface area contributed by atoms with E-state index < -0.39 is 0 Å². The molecule has 0 amide bonds. The average Bonchev–Trinajstić information content (AvgIpc) is 2.24. The SMILES string of the molecule is CN(CC1(CN)COC1)C1CCCCC1. The number of nitrogens with two attached hydrogens (primary N) is 1. The van der Waals surface area contributed by atoms with Gasteiger partial charge in [0.2, 0.25) is 0 Å². The molecular weight excluding hydrogens is 188 g/mol. The average molecular weight is 212 g/mol. The van der Waals surface area contributed by atoms with E-state index in [4.69, 9.17) is 10.5 Å². The molecule has 1 saturated carbocycles. The molecule has 0 aromatic carbocycles. The monoisotopic (exact) mass is 212 g/mol. The Hall–Kier alpha value is -0.120. The van der Waals surface area contributed by atoms with Crippen molar-refractivity contribution >= 4 is 0 Å². The summed E-state index contributed by atoms with van der Waals surface area (Å²) in [5.41, 5.74) is 6.11. The number of rotatable bonds is 4. The molecule has 0 bridgehead atoms. The van der Waals surface area contributed by atoms with Crippen LogP contribution in [0.2, 0.25) is 0 Å². The molecule has 1 heterocycles. The lowest BCUT2D eigenvalue weighted by atomic mass is 9.84. The van der Waals surface area contributed by atoms with Gasteiger partial charge in [0.1, 0.15) is 0 Å². The molecule has 0 atom stereocenters. The quantitative estimate of drug-likeness (QED) is 0.761. The Morgan fingerprint density at radius 2 is 1.93 bits per heavy atom. The summed E-state index contributed by atoms with van der Waals surface area (Å²) < 4.78 is 5.31. The van der Waals surface area contributed by atoms with Crippen molar-refractivity contribution in [1.82, 2.24) is 4.90 Å². The van der Waals surface area contributed by atoms with Crippen LogP contribution < -0.4 is 5.73 Å². The second-order valence-corrected chi connectivity index (χ2v) is 5.40. The van der Waals surface area contributed by atoms with E-state index in [1.54, 1.807) is 0 Å². The van der Waals surface area contributed by atoms with Gasteiger partial charge >= 0.3 is 0 Å². The second-order valence-electron chi connectivity index (χ2n) is 5.40. The maximum atomic E-state index is 5.84. The Morgan fingerprint density at radius 3 is 2.40 bits per heavy atom. The van der Waals surface area contributed by atoms with Crippen molar-refractivity contribution in [2.45, 2.75) is 38.1 Å². The van der Waals surface area contributed by atoms with Crippen molar-refractivity contribution in [1.29, 1.82) is 0 Å². The van der Waals surface area contributed by atoms with Gasteiger partial charge in [0.15, 0.2) is 0 Å². The van der Waals surface area contributed by atoms with E-state index in [0.717, 1.165) is 32.3 Å². The highest BCUT2D eigenvalue weighted by atomic mass is 16.5. The summed E-state index contributed by atoms with van der Waals surface area (Å²) in [4.78, 5) is 2.52. The first kappa shape index (κ1) is 11.4. The highest BCUT2D eigenvalue weighted by molar-refractivity contribution is 4.90. The van der Waals surface area contributed by atoms with Gasteiger partial charge in [-0.2, -0.15) is 0 Å². The molecule has 0 aromatic rings. The second kappa shape index (κ2) is 4.81. The summed E-state index contributed by atoms with van der Waals surface area (Å²) in [6, 6.07) is 0.794. The molecule has 15 heavy (non-hydrogen) atoms. The van der Waals surface area contributed by atoms with Gasteiger partial charge in [-0.3, -0.25) is 0 Å². The first-order chi connectivity index (χ1) is 7.26. The van der Waals surface area contributed by atoms with Gasteiger partial charge in [-0.05, 0) is 19.9 Å². The molecule has 2 aliphatic rings. The summed E-state index contributed by atoms with van der Waals surface area (Å²) >= 11 is 0. The van der Waals surface area contributed by atoms with E-state index in [2.05, 4.69) is 11.9 Å². The minimum atomic E-state index is 0.270. The van der Waals surface area contributed by atoms with Crippen LogP contribution >= 0.6 is 0 Å². The zero-order valence-electron chi connectivity index (χ0n) is 9.87. The predicted molar refractivity (Wildman–Crippen MR) is 61.8 cm³/mol. The minimum Gasteiger partial charge on any atom is -0.380 e. The standard InChI is InChI=1S/C12H24N2O/c1-14(11-5-3-2-4-6-11)8-12(7-13)9-15-10-12/h11H,2-10,13H2,1H3. The van der Waals surface area contributed by atoms with Gasteiger partial charge in [-0.25, -0.2) is 0 Å². The van der Waals surface area contributed by atoms with Crippen LogP contribution in [0.4, 0.5) is 0 Å². The van der Waals surface area contributed by atoms with Gasteiger partial charge < -0.3 is 15.4 Å². The lowest BCUT2D eigenvalue weighted by molar-refractivity contribution is -0.122. The maximum absolute atomic E-state index is 5.84. The van der Waals surface area contributed by atoms with Gasteiger partial charge in [-0.1, -0.05) is 19.3 Å². The van der Waals surface area contributed by atoms with E-state index in [1.165, 1.54) is 32.1 Å². The van der Waals surface area contributed by atoms with Gasteiger partial charge in [0.05, 0.1) is 13.2 Å². The summed E-state index contributed by atoms with van der Waals surface area (Å²) in [6.45, 7) is 3.61. The Morgan fingerprint density at radius 1 is 1.27 bits per heavy atom. The van der Waals surface area contributed by atoms with Crippen LogP contribution in [0, 0.1) is 5.41 Å². The third-order valence-electron chi connectivity index (χ3n) is 4.03. The van der Waals surface area contributed by atoms with Crippen LogP contribution in [-0.2, 0) is 4.74 Å². The minimum absolute atomic E-state index is 0.270. The van der Waals surface area contributed by atoms with Gasteiger partial charge in [0.25, 0.3) is 0 Å². The molecule has 3 nitrogen and oxygen atoms in total. The van der Waals surface area contributed by atoms with Crippen LogP contribution in [0.5, 0.6) is 0 Å². The highest BCUT2D eigenvalue weighted by Gasteiger charge is 2.39. The van der Waals surface area contributed by atoms with E-state index in [1.807, 2.05) is 0 Å². The third-order valence-corrected chi connectivity index (χ3v) is 4.03. The summed E-state index contributed by atoms with van der Waals surface area (Å²) in [5, 5.41) is 0. The summed E-state index contributed by atoms with van der Waals surface area (Å²) in [6.07, 6.45) is 6.98. The molecule has 1 aliphatic carbocycles. The van der Waals surface area contributed by atoms with E-state index in [9.17, 15) is 0 Å². The number of nitrogens with zero attached hydrogens (tertiary/aromatic N) is 1. The smallest absolute Gasteiger partial charge is 0.0569 e. The zero-order valence-corrected chi connectivity index (χ0v) is 9.87. The topological polar surface area (TPSA) is 38.5 Å². The molecule has 0 radical (unpaired) electrons. The summed E-state index contributed by atoms with van der Waals surface area (Å²) in [5.74, 6) is 0. The molecule has 2 rings (SSSR count). The lowest BCUT2D eigenvalue weighted by Crippen LogP contribution is -2.56. The van der Waals surface area contributed by atoms with Crippen LogP contribution in [0.15, 0.2) is 0 Å².